The Labute approximate surface area is 101 Å². The SMILES string of the molecule is CCSC(C)(C(=O)O)c1ccc(CC)cc1. The summed E-state index contributed by atoms with van der Waals surface area (Å²) in [5.74, 6) is 0.0156. The van der Waals surface area contributed by atoms with Crippen LogP contribution in [0.1, 0.15) is 31.9 Å². The quantitative estimate of drug-likeness (QED) is 0.855. The average Bonchev–Trinajstić information content (AvgIpc) is 2.29. The van der Waals surface area contributed by atoms with Crippen molar-refractivity contribution in [3.63, 3.8) is 0 Å². The molecule has 0 saturated carbocycles. The number of aliphatic carboxylic acids is 1. The van der Waals surface area contributed by atoms with Crippen LogP contribution >= 0.6 is 11.8 Å². The maximum atomic E-state index is 11.3. The van der Waals surface area contributed by atoms with Crippen LogP contribution in [0.4, 0.5) is 0 Å². The molecule has 88 valence electrons. The molecule has 0 spiro atoms. The first kappa shape index (κ1) is 13.1. The van der Waals surface area contributed by atoms with Crippen LogP contribution in [0.2, 0.25) is 0 Å². The van der Waals surface area contributed by atoms with E-state index < -0.39 is 10.7 Å². The van der Waals surface area contributed by atoms with Crippen LogP contribution in [-0.2, 0) is 16.0 Å². The predicted molar refractivity (Wildman–Crippen MR) is 68.9 cm³/mol. The Hall–Kier alpha value is -0.960. The van der Waals surface area contributed by atoms with Gasteiger partial charge in [0.2, 0.25) is 0 Å². The number of thioether (sulfide) groups is 1. The van der Waals surface area contributed by atoms with Crippen LogP contribution in [0.15, 0.2) is 24.3 Å². The zero-order valence-corrected chi connectivity index (χ0v) is 10.8. The Balaban J connectivity index is 3.06. The van der Waals surface area contributed by atoms with Gasteiger partial charge in [-0.1, -0.05) is 38.1 Å². The van der Waals surface area contributed by atoms with Crippen molar-refractivity contribution in [1.82, 2.24) is 0 Å². The van der Waals surface area contributed by atoms with Crippen molar-refractivity contribution in [3.8, 4) is 0 Å². The maximum absolute atomic E-state index is 11.3. The summed E-state index contributed by atoms with van der Waals surface area (Å²) >= 11 is 1.45. The van der Waals surface area contributed by atoms with Crippen LogP contribution in [0.25, 0.3) is 0 Å². The first-order valence-corrected chi connectivity index (χ1v) is 6.50. The second-order valence-corrected chi connectivity index (χ2v) is 5.50. The van der Waals surface area contributed by atoms with E-state index >= 15 is 0 Å². The van der Waals surface area contributed by atoms with Crippen LogP contribution in [0.5, 0.6) is 0 Å². The Kier molecular flexibility index (Phi) is 4.42. The first-order valence-electron chi connectivity index (χ1n) is 5.51. The fraction of sp³-hybridized carbons (Fsp3) is 0.462. The van der Waals surface area contributed by atoms with E-state index in [-0.39, 0.29) is 0 Å². The summed E-state index contributed by atoms with van der Waals surface area (Å²) in [6, 6.07) is 7.87. The van der Waals surface area contributed by atoms with Gasteiger partial charge in [-0.05, 0) is 30.2 Å². The molecule has 0 saturated heterocycles. The summed E-state index contributed by atoms with van der Waals surface area (Å²) in [7, 11) is 0. The molecule has 1 unspecified atom stereocenters. The van der Waals surface area contributed by atoms with Gasteiger partial charge in [0.25, 0.3) is 0 Å². The molecule has 0 bridgehead atoms. The van der Waals surface area contributed by atoms with Gasteiger partial charge in [-0.3, -0.25) is 4.79 Å². The predicted octanol–water partition coefficient (Wildman–Crippen LogP) is 3.30. The lowest BCUT2D eigenvalue weighted by Gasteiger charge is -2.24. The molecule has 3 heteroatoms. The third-order valence-corrected chi connectivity index (χ3v) is 4.03. The molecule has 1 atom stereocenters. The Morgan fingerprint density at radius 1 is 1.31 bits per heavy atom. The van der Waals surface area contributed by atoms with E-state index in [2.05, 4.69) is 6.92 Å². The van der Waals surface area contributed by atoms with E-state index in [4.69, 9.17) is 0 Å². The van der Waals surface area contributed by atoms with Crippen LogP contribution in [0.3, 0.4) is 0 Å². The molecule has 1 aromatic carbocycles. The summed E-state index contributed by atoms with van der Waals surface area (Å²) in [5, 5.41) is 9.32. The minimum atomic E-state index is -0.832. The van der Waals surface area contributed by atoms with Crippen LogP contribution in [-0.4, -0.2) is 16.8 Å². The lowest BCUT2D eigenvalue weighted by Crippen LogP contribution is -2.28. The number of carbonyl (C=O) groups is 1. The van der Waals surface area contributed by atoms with Gasteiger partial charge in [-0.25, -0.2) is 0 Å². The number of hydrogen-bond acceptors (Lipinski definition) is 2. The fourth-order valence-electron chi connectivity index (χ4n) is 1.62. The molecule has 1 aromatic rings. The monoisotopic (exact) mass is 238 g/mol. The van der Waals surface area contributed by atoms with Crippen molar-refractivity contribution in [2.75, 3.05) is 5.75 Å². The molecule has 0 aromatic heterocycles. The number of hydrogen-bond donors (Lipinski definition) is 1. The van der Waals surface area contributed by atoms with Gasteiger partial charge in [0.15, 0.2) is 0 Å². The molecule has 0 radical (unpaired) electrons. The summed E-state index contributed by atoms with van der Waals surface area (Å²) < 4.78 is -0.832. The van der Waals surface area contributed by atoms with E-state index in [1.165, 1.54) is 17.3 Å². The third kappa shape index (κ3) is 2.59. The molecule has 0 amide bonds. The second-order valence-electron chi connectivity index (χ2n) is 3.82. The van der Waals surface area contributed by atoms with Gasteiger partial charge in [0.05, 0.1) is 0 Å². The zero-order valence-electron chi connectivity index (χ0n) is 9.99. The number of carboxylic acid groups (broad SMARTS) is 1. The fourth-order valence-corrected chi connectivity index (χ4v) is 2.62. The Morgan fingerprint density at radius 2 is 1.88 bits per heavy atom. The van der Waals surface area contributed by atoms with E-state index in [1.54, 1.807) is 6.92 Å². The zero-order chi connectivity index (χ0) is 12.2. The number of rotatable bonds is 5. The highest BCUT2D eigenvalue weighted by atomic mass is 32.2. The highest BCUT2D eigenvalue weighted by Gasteiger charge is 2.34. The average molecular weight is 238 g/mol. The molecule has 1 rings (SSSR count). The van der Waals surface area contributed by atoms with Crippen molar-refractivity contribution in [1.29, 1.82) is 0 Å². The van der Waals surface area contributed by atoms with Crippen molar-refractivity contribution in [2.24, 2.45) is 0 Å². The van der Waals surface area contributed by atoms with Gasteiger partial charge in [0.1, 0.15) is 4.75 Å². The Bertz CT molecular complexity index is 359. The molecule has 2 nitrogen and oxygen atoms in total. The van der Waals surface area contributed by atoms with Crippen LogP contribution < -0.4 is 0 Å². The molecule has 0 heterocycles. The summed E-state index contributed by atoms with van der Waals surface area (Å²) in [6.45, 7) is 5.84. The van der Waals surface area contributed by atoms with Crippen molar-refractivity contribution in [2.45, 2.75) is 31.9 Å². The van der Waals surface area contributed by atoms with Crippen molar-refractivity contribution in [3.05, 3.63) is 35.4 Å². The number of carboxylic acids is 1. The highest BCUT2D eigenvalue weighted by molar-refractivity contribution is 8.00. The summed E-state index contributed by atoms with van der Waals surface area (Å²) in [4.78, 5) is 11.3. The topological polar surface area (TPSA) is 37.3 Å². The molecular weight excluding hydrogens is 220 g/mol. The third-order valence-electron chi connectivity index (χ3n) is 2.75. The largest absolute Gasteiger partial charge is 0.480 e. The lowest BCUT2D eigenvalue weighted by molar-refractivity contribution is -0.139. The Morgan fingerprint density at radius 3 is 2.25 bits per heavy atom. The summed E-state index contributed by atoms with van der Waals surface area (Å²) in [6.07, 6.45) is 0.977. The number of aryl methyl sites for hydroxylation is 1. The highest BCUT2D eigenvalue weighted by Crippen LogP contribution is 2.36. The normalized spacial score (nSPS) is 14.4. The van der Waals surface area contributed by atoms with Crippen molar-refractivity contribution >= 4 is 17.7 Å². The van der Waals surface area contributed by atoms with Gasteiger partial charge in [-0.15, -0.1) is 11.8 Å². The summed E-state index contributed by atoms with van der Waals surface area (Å²) in [5.41, 5.74) is 2.10. The first-order chi connectivity index (χ1) is 7.54. The number of benzene rings is 1. The lowest BCUT2D eigenvalue weighted by atomic mass is 9.98. The van der Waals surface area contributed by atoms with Gasteiger partial charge >= 0.3 is 5.97 Å². The van der Waals surface area contributed by atoms with E-state index in [9.17, 15) is 9.90 Å². The van der Waals surface area contributed by atoms with Crippen molar-refractivity contribution < 1.29 is 9.90 Å². The molecule has 0 fully saturated rings. The van der Waals surface area contributed by atoms with Gasteiger partial charge in [0, 0.05) is 0 Å². The van der Waals surface area contributed by atoms with Crippen LogP contribution in [0, 0.1) is 0 Å². The molecular formula is C13H18O2S. The van der Waals surface area contributed by atoms with E-state index in [0.717, 1.165) is 17.7 Å². The van der Waals surface area contributed by atoms with E-state index in [1.807, 2.05) is 31.2 Å². The molecule has 1 N–H and O–H groups in total. The molecule has 0 aliphatic carbocycles. The molecule has 16 heavy (non-hydrogen) atoms. The molecule has 0 aliphatic rings. The minimum absolute atomic E-state index is 0.774. The maximum Gasteiger partial charge on any atom is 0.324 e. The second kappa shape index (κ2) is 5.39. The van der Waals surface area contributed by atoms with E-state index in [0.29, 0.717) is 0 Å². The minimum Gasteiger partial charge on any atom is -0.480 e. The van der Waals surface area contributed by atoms with Gasteiger partial charge in [-0.2, -0.15) is 0 Å². The molecule has 0 aliphatic heterocycles. The standard InChI is InChI=1S/C13H18O2S/c1-4-10-6-8-11(9-7-10)13(3,12(14)15)16-5-2/h6-9H,4-5H2,1-3H3,(H,14,15). The van der Waals surface area contributed by atoms with Gasteiger partial charge < -0.3 is 5.11 Å². The smallest absolute Gasteiger partial charge is 0.324 e.